The zero-order valence-corrected chi connectivity index (χ0v) is 25.1. The largest absolute Gasteiger partial charge is 0.374 e. The standard InChI is InChI=1S/C24H38BN5O9P2/c1-23(2,15-27-5)38-41(25,39-24(3,4)16-28-6)35-14-17-19(37-40(8)34-13-9-11-26)20(33-7)21(36-17)30-12-10-18(31)29-22(30)32/h10,12,17,19-21H,9,13-16H2,1-4,7-8,25H3,(H,29,31,32)/t17-,19?,20+,21-,40?/m1/s1. The third kappa shape index (κ3) is 10.5. The number of aromatic nitrogens is 2. The molecule has 1 aliphatic rings. The quantitative estimate of drug-likeness (QED) is 0.127. The van der Waals surface area contributed by atoms with Crippen molar-refractivity contribution in [1.29, 1.82) is 5.26 Å². The van der Waals surface area contributed by atoms with E-state index in [0.29, 0.717) is 0 Å². The number of nitriles is 1. The fourth-order valence-electron chi connectivity index (χ4n) is 3.54. The molecule has 14 nitrogen and oxygen atoms in total. The van der Waals surface area contributed by atoms with Gasteiger partial charge in [-0.05, 0) is 27.7 Å². The Labute approximate surface area is 242 Å². The van der Waals surface area contributed by atoms with Crippen molar-refractivity contribution in [3.05, 3.63) is 55.9 Å². The number of nitrogens with one attached hydrogen (secondary N) is 1. The monoisotopic (exact) mass is 613 g/mol. The van der Waals surface area contributed by atoms with Crippen molar-refractivity contribution >= 4 is 23.8 Å². The van der Waals surface area contributed by atoms with Gasteiger partial charge < -0.3 is 28.2 Å². The lowest BCUT2D eigenvalue weighted by atomic mass is 10.1. The summed E-state index contributed by atoms with van der Waals surface area (Å²) < 4.78 is 44.2. The van der Waals surface area contributed by atoms with Gasteiger partial charge in [-0.1, -0.05) is 0 Å². The highest BCUT2D eigenvalue weighted by atomic mass is 31.2. The van der Waals surface area contributed by atoms with Crippen molar-refractivity contribution < 1.29 is 32.1 Å². The Kier molecular flexibility index (Phi) is 13.1. The number of hydrogen-bond donors (Lipinski definition) is 1. The fourth-order valence-corrected chi connectivity index (χ4v) is 5.88. The molecule has 2 unspecified atom stereocenters. The van der Waals surface area contributed by atoms with Crippen LogP contribution >= 0.6 is 16.2 Å². The molecule has 17 heteroatoms. The Balaban J connectivity index is 2.40. The number of ether oxygens (including phenoxy) is 2. The molecule has 41 heavy (non-hydrogen) atoms. The van der Waals surface area contributed by atoms with E-state index in [2.05, 4.69) is 14.7 Å². The predicted molar refractivity (Wildman–Crippen MR) is 156 cm³/mol. The summed E-state index contributed by atoms with van der Waals surface area (Å²) in [4.78, 5) is 33.5. The molecular weight excluding hydrogens is 575 g/mol. The number of nitrogens with zero attached hydrogens (tertiary/aromatic N) is 4. The molecule has 0 aliphatic carbocycles. The van der Waals surface area contributed by atoms with Gasteiger partial charge in [0.05, 0.1) is 19.1 Å². The van der Waals surface area contributed by atoms with E-state index in [9.17, 15) is 9.59 Å². The van der Waals surface area contributed by atoms with Crippen LogP contribution < -0.4 is 11.2 Å². The van der Waals surface area contributed by atoms with Crippen molar-refractivity contribution in [2.45, 2.75) is 69.9 Å². The first kappa shape index (κ1) is 35.0. The van der Waals surface area contributed by atoms with Gasteiger partial charge in [0.2, 0.25) is 28.5 Å². The van der Waals surface area contributed by atoms with Crippen LogP contribution in [-0.4, -0.2) is 86.7 Å². The molecule has 0 bridgehead atoms. The van der Waals surface area contributed by atoms with E-state index in [0.717, 1.165) is 0 Å². The maximum absolute atomic E-state index is 12.6. The Bertz CT molecular complexity index is 1230. The third-order valence-electron chi connectivity index (χ3n) is 5.35. The molecule has 0 radical (unpaired) electrons. The lowest BCUT2D eigenvalue weighted by molar-refractivity contribution is -0.0652. The van der Waals surface area contributed by atoms with Crippen LogP contribution in [0.25, 0.3) is 9.69 Å². The van der Waals surface area contributed by atoms with Crippen LogP contribution in [0.4, 0.5) is 0 Å². The lowest BCUT2D eigenvalue weighted by Crippen LogP contribution is -2.40. The van der Waals surface area contributed by atoms with Gasteiger partial charge >= 0.3 is 5.69 Å². The Morgan fingerprint density at radius 2 is 1.80 bits per heavy atom. The molecule has 1 fully saturated rings. The summed E-state index contributed by atoms with van der Waals surface area (Å²) in [5, 5.41) is 8.84. The molecule has 1 saturated heterocycles. The van der Waals surface area contributed by atoms with E-state index < -0.39 is 70.8 Å². The summed E-state index contributed by atoms with van der Waals surface area (Å²) in [7, 11) is -3.75. The second-order valence-corrected chi connectivity index (χ2v) is 12.3. The third-order valence-corrected chi connectivity index (χ3v) is 8.08. The van der Waals surface area contributed by atoms with E-state index in [1.54, 1.807) is 34.4 Å². The second kappa shape index (κ2) is 15.3. The number of rotatable bonds is 16. The Hall–Kier alpha value is -2.21. The minimum atomic E-state index is -2.93. The zero-order valence-electron chi connectivity index (χ0n) is 23.4. The maximum atomic E-state index is 12.6. The molecule has 1 N–H and O–H groups in total. The summed E-state index contributed by atoms with van der Waals surface area (Å²) in [6, 6.07) is 3.22. The average molecular weight is 613 g/mol. The van der Waals surface area contributed by atoms with Gasteiger partial charge in [-0.15, -0.1) is 0 Å². The number of methoxy groups -OCH3 is 1. The lowest BCUT2D eigenvalue weighted by Gasteiger charge is -2.35. The molecule has 0 amide bonds. The van der Waals surface area contributed by atoms with Crippen molar-refractivity contribution in [3.8, 4) is 6.07 Å². The smallest absolute Gasteiger partial charge is 0.330 e. The van der Waals surface area contributed by atoms with E-state index in [4.69, 9.17) is 50.5 Å². The molecule has 1 aromatic rings. The van der Waals surface area contributed by atoms with Crippen molar-refractivity contribution in [3.63, 3.8) is 0 Å². The summed E-state index contributed by atoms with van der Waals surface area (Å²) >= 11 is 0. The highest BCUT2D eigenvalue weighted by Crippen LogP contribution is 2.63. The van der Waals surface area contributed by atoms with Crippen molar-refractivity contribution in [2.24, 2.45) is 0 Å². The van der Waals surface area contributed by atoms with Gasteiger partial charge in [-0.2, -0.15) is 5.26 Å². The summed E-state index contributed by atoms with van der Waals surface area (Å²) in [5.41, 5.74) is -2.95. The van der Waals surface area contributed by atoms with Crippen LogP contribution in [0.3, 0.4) is 0 Å². The maximum Gasteiger partial charge on any atom is 0.330 e. The number of H-pyrrole nitrogens is 1. The molecular formula is C24H38BN5O9P2. The topological polar surface area (TPSA) is 152 Å². The van der Waals surface area contributed by atoms with Crippen molar-refractivity contribution in [2.75, 3.05) is 40.1 Å². The summed E-state index contributed by atoms with van der Waals surface area (Å²) in [6.07, 6.45) is -1.82. The Morgan fingerprint density at radius 3 is 2.32 bits per heavy atom. The first-order chi connectivity index (χ1) is 19.2. The normalized spacial score (nSPS) is 22.0. The Morgan fingerprint density at radius 1 is 1.20 bits per heavy atom. The predicted octanol–water partition coefficient (Wildman–Crippen LogP) is 2.19. The van der Waals surface area contributed by atoms with E-state index >= 15 is 0 Å². The van der Waals surface area contributed by atoms with E-state index in [1.165, 1.54) is 23.9 Å². The molecule has 1 aromatic heterocycles. The van der Waals surface area contributed by atoms with E-state index in [1.807, 2.05) is 6.07 Å². The molecule has 1 aliphatic heterocycles. The minimum Gasteiger partial charge on any atom is -0.374 e. The van der Waals surface area contributed by atoms with Crippen LogP contribution in [-0.2, 0) is 32.1 Å². The first-order valence-electron chi connectivity index (χ1n) is 12.2. The molecule has 0 saturated carbocycles. The fraction of sp³-hybridized carbons (Fsp3) is 0.708. The van der Waals surface area contributed by atoms with Gasteiger partial charge in [0.15, 0.2) is 25.8 Å². The molecule has 5 atom stereocenters. The number of aromatic amines is 1. The van der Waals surface area contributed by atoms with Gasteiger partial charge in [0.25, 0.3) is 5.56 Å². The first-order valence-corrected chi connectivity index (χ1v) is 15.0. The van der Waals surface area contributed by atoms with Gasteiger partial charge in [-0.25, -0.2) is 31.5 Å². The van der Waals surface area contributed by atoms with E-state index in [-0.39, 0.29) is 32.7 Å². The highest BCUT2D eigenvalue weighted by Gasteiger charge is 2.51. The van der Waals surface area contributed by atoms with Crippen molar-refractivity contribution in [1.82, 2.24) is 9.55 Å². The van der Waals surface area contributed by atoms with Crippen LogP contribution in [0.2, 0.25) is 0 Å². The van der Waals surface area contributed by atoms with Gasteiger partial charge in [-0.3, -0.25) is 14.3 Å². The molecule has 226 valence electrons. The number of hydrogen-bond acceptors (Lipinski definition) is 10. The summed E-state index contributed by atoms with van der Waals surface area (Å²) in [5.74, 6) is 0. The van der Waals surface area contributed by atoms with Gasteiger partial charge in [0.1, 0.15) is 24.9 Å². The molecule has 0 spiro atoms. The SMILES string of the molecule is [BH3-][P+](OC[C@H]1O[C@@H](n2ccc(=O)[nH]c2=O)[C@@H](OC)C1OP(C)OCCC#N)(OC(C)(C)C[N+]#[C-])OC(C)(C)C[N+]#[C-]. The van der Waals surface area contributed by atoms with Crippen LogP contribution in [0.5, 0.6) is 0 Å². The minimum absolute atomic E-state index is 0.0695. The molecule has 2 heterocycles. The second-order valence-electron chi connectivity index (χ2n) is 9.89. The molecule has 0 aromatic carbocycles. The zero-order chi connectivity index (χ0) is 30.8. The van der Waals surface area contributed by atoms with Crippen LogP contribution in [0.1, 0.15) is 40.3 Å². The summed E-state index contributed by atoms with van der Waals surface area (Å²) in [6.45, 7) is 23.8. The van der Waals surface area contributed by atoms with Crippen LogP contribution in [0, 0.1) is 24.5 Å². The highest BCUT2D eigenvalue weighted by molar-refractivity contribution is 7.85. The average Bonchev–Trinajstić information content (AvgIpc) is 3.18. The van der Waals surface area contributed by atoms with Crippen LogP contribution in [0.15, 0.2) is 21.9 Å². The van der Waals surface area contributed by atoms with Gasteiger partial charge in [0, 0.05) is 26.0 Å². The molecule has 2 rings (SSSR count).